The van der Waals surface area contributed by atoms with Crippen molar-refractivity contribution in [3.63, 3.8) is 0 Å². The van der Waals surface area contributed by atoms with Crippen LogP contribution in [0.15, 0.2) is 81.1 Å². The molecule has 0 spiro atoms. The average Bonchev–Trinajstić information content (AvgIpc) is 2.81. The van der Waals surface area contributed by atoms with Crippen LogP contribution in [0.5, 0.6) is 11.5 Å². The van der Waals surface area contributed by atoms with Crippen molar-refractivity contribution in [2.45, 2.75) is 33.3 Å². The molecule has 2 aromatic carbocycles. The van der Waals surface area contributed by atoms with Gasteiger partial charge in [-0.3, -0.25) is 0 Å². The van der Waals surface area contributed by atoms with E-state index in [1.165, 1.54) is 0 Å². The average molecular weight is 472 g/mol. The van der Waals surface area contributed by atoms with Crippen LogP contribution in [0.25, 0.3) is 0 Å². The summed E-state index contributed by atoms with van der Waals surface area (Å²) >= 11 is 0. The summed E-state index contributed by atoms with van der Waals surface area (Å²) in [5.74, 6) is 0.659. The smallest absolute Gasteiger partial charge is 0.447 e. The van der Waals surface area contributed by atoms with Crippen molar-refractivity contribution < 1.29 is 38.1 Å². The van der Waals surface area contributed by atoms with Gasteiger partial charge in [0.25, 0.3) is 0 Å². The fourth-order valence-electron chi connectivity index (χ4n) is 1.83. The summed E-state index contributed by atoms with van der Waals surface area (Å²) in [5, 5.41) is 12.2. The molecule has 0 aliphatic rings. The molecule has 2 rings (SSSR count). The van der Waals surface area contributed by atoms with Crippen LogP contribution in [0.4, 0.5) is 19.2 Å². The van der Waals surface area contributed by atoms with E-state index in [-0.39, 0.29) is 12.7 Å². The Morgan fingerprint density at radius 1 is 0.676 bits per heavy atom. The lowest BCUT2D eigenvalue weighted by atomic mass is 10.3. The monoisotopic (exact) mass is 472 g/mol. The number of carbonyl (C=O) groups excluding carboxylic acids is 4. The van der Waals surface area contributed by atoms with E-state index in [0.29, 0.717) is 17.9 Å². The number of benzene rings is 2. The minimum atomic E-state index is -0.975. The zero-order valence-corrected chi connectivity index (χ0v) is 18.8. The van der Waals surface area contributed by atoms with Gasteiger partial charge in [0, 0.05) is 0 Å². The number of para-hydroxylation sites is 2. The Labute approximate surface area is 195 Å². The quantitative estimate of drug-likeness (QED) is 0.455. The third-order valence-electron chi connectivity index (χ3n) is 3.09. The topological polar surface area (TPSA) is 155 Å². The summed E-state index contributed by atoms with van der Waals surface area (Å²) in [7, 11) is 0. The number of azo groups is 2. The van der Waals surface area contributed by atoms with Crippen molar-refractivity contribution in [3.05, 3.63) is 60.7 Å². The van der Waals surface area contributed by atoms with Gasteiger partial charge in [0.1, 0.15) is 11.5 Å². The highest BCUT2D eigenvalue weighted by atomic mass is 16.6. The van der Waals surface area contributed by atoms with E-state index in [2.05, 4.69) is 29.9 Å². The molecule has 0 atom stereocenters. The predicted molar refractivity (Wildman–Crippen MR) is 118 cm³/mol. The molecule has 0 bridgehead atoms. The molecule has 0 aliphatic carbocycles. The molecule has 0 aliphatic heterocycles. The fourth-order valence-corrected chi connectivity index (χ4v) is 1.83. The van der Waals surface area contributed by atoms with E-state index in [9.17, 15) is 19.2 Å². The Kier molecular flexibility index (Phi) is 13.1. The highest BCUT2D eigenvalue weighted by Gasteiger charge is 2.07. The maximum atomic E-state index is 11.1. The van der Waals surface area contributed by atoms with Crippen LogP contribution >= 0.6 is 0 Å². The number of hydrogen-bond donors (Lipinski definition) is 0. The van der Waals surface area contributed by atoms with Gasteiger partial charge in [-0.2, -0.15) is 0 Å². The van der Waals surface area contributed by atoms with Crippen LogP contribution < -0.4 is 9.47 Å². The van der Waals surface area contributed by atoms with Crippen molar-refractivity contribution >= 4 is 24.4 Å². The third kappa shape index (κ3) is 13.7. The van der Waals surface area contributed by atoms with E-state index in [4.69, 9.17) is 9.47 Å². The van der Waals surface area contributed by atoms with Gasteiger partial charge in [0.2, 0.25) is 0 Å². The maximum absolute atomic E-state index is 11.1. The van der Waals surface area contributed by atoms with Crippen molar-refractivity contribution in [3.8, 4) is 11.5 Å². The van der Waals surface area contributed by atoms with E-state index in [1.807, 2.05) is 6.92 Å². The van der Waals surface area contributed by atoms with E-state index < -0.39 is 24.4 Å². The Morgan fingerprint density at radius 3 is 1.50 bits per heavy atom. The van der Waals surface area contributed by atoms with Gasteiger partial charge in [0.05, 0.1) is 12.7 Å². The van der Waals surface area contributed by atoms with Gasteiger partial charge in [-0.15, -0.1) is 0 Å². The lowest BCUT2D eigenvalue weighted by Crippen LogP contribution is -2.08. The number of nitrogens with zero attached hydrogens (tertiary/aromatic N) is 4. The fraction of sp³-hybridized carbons (Fsp3) is 0.273. The van der Waals surface area contributed by atoms with Crippen molar-refractivity contribution in [2.75, 3.05) is 6.61 Å². The van der Waals surface area contributed by atoms with E-state index in [1.54, 1.807) is 74.5 Å². The third-order valence-corrected chi connectivity index (χ3v) is 3.09. The van der Waals surface area contributed by atoms with Crippen molar-refractivity contribution in [1.82, 2.24) is 0 Å². The largest absolute Gasteiger partial charge is 0.458 e. The molecule has 34 heavy (non-hydrogen) atoms. The molecule has 180 valence electrons. The van der Waals surface area contributed by atoms with Crippen molar-refractivity contribution in [2.24, 2.45) is 20.5 Å². The molecule has 0 saturated carbocycles. The number of amides is 4. The first-order valence-corrected chi connectivity index (χ1v) is 10.0. The molecule has 4 amide bonds. The maximum Gasteiger partial charge on any atom is 0.458 e. The Bertz CT molecular complexity index is 979. The summed E-state index contributed by atoms with van der Waals surface area (Å²) in [6.45, 7) is 5.41. The zero-order chi connectivity index (χ0) is 25.2. The molecule has 0 saturated heterocycles. The Balaban J connectivity index is 0.000000340. The van der Waals surface area contributed by atoms with Gasteiger partial charge < -0.3 is 18.9 Å². The van der Waals surface area contributed by atoms with Gasteiger partial charge >= 0.3 is 24.4 Å². The molecule has 12 heteroatoms. The zero-order valence-electron chi connectivity index (χ0n) is 18.8. The molecule has 0 N–H and O–H groups in total. The first-order valence-electron chi connectivity index (χ1n) is 10.0. The highest BCUT2D eigenvalue weighted by molar-refractivity contribution is 5.75. The number of ether oxygens (including phenoxy) is 4. The Morgan fingerprint density at radius 2 is 1.09 bits per heavy atom. The molecule has 0 fully saturated rings. The van der Waals surface area contributed by atoms with Crippen LogP contribution in [-0.2, 0) is 9.47 Å². The molecule has 2 aromatic rings. The summed E-state index contributed by atoms with van der Waals surface area (Å²) in [6.07, 6.45) is -3.41. The lowest BCUT2D eigenvalue weighted by Gasteiger charge is -2.02. The van der Waals surface area contributed by atoms with E-state index >= 15 is 0 Å². The molecule has 0 heterocycles. The highest BCUT2D eigenvalue weighted by Crippen LogP contribution is 2.10. The molecule has 0 unspecified atom stereocenters. The number of carbonyl (C=O) groups is 4. The summed E-state index contributed by atoms with van der Waals surface area (Å²) < 4.78 is 18.8. The molecule has 0 aromatic heterocycles. The molecular weight excluding hydrogens is 448 g/mol. The predicted octanol–water partition coefficient (Wildman–Crippen LogP) is 6.37. The van der Waals surface area contributed by atoms with Crippen LogP contribution in [0.1, 0.15) is 27.2 Å². The van der Waals surface area contributed by atoms with Gasteiger partial charge in [-0.25, -0.2) is 19.2 Å². The second-order valence-electron chi connectivity index (χ2n) is 6.31. The van der Waals surface area contributed by atoms with E-state index in [0.717, 1.165) is 0 Å². The first kappa shape index (κ1) is 27.6. The van der Waals surface area contributed by atoms with Crippen molar-refractivity contribution in [1.29, 1.82) is 0 Å². The van der Waals surface area contributed by atoms with Crippen LogP contribution in [-0.4, -0.2) is 37.1 Å². The Hall–Kier alpha value is -4.48. The summed E-state index contributed by atoms with van der Waals surface area (Å²) in [6, 6.07) is 16.7. The normalized spacial score (nSPS) is 10.4. The molecular formula is C22H24N4O8. The van der Waals surface area contributed by atoms with Gasteiger partial charge in [-0.1, -0.05) is 63.8 Å². The molecule has 12 nitrogen and oxygen atoms in total. The SMILES string of the molecule is CC(C)OC(=O)N=NC(=O)Oc1ccccc1.CCCOC(=O)N=NC(=O)Oc1ccccc1. The first-order chi connectivity index (χ1) is 16.3. The number of rotatable bonds is 5. The van der Waals surface area contributed by atoms with Crippen LogP contribution in [0, 0.1) is 0 Å². The second-order valence-corrected chi connectivity index (χ2v) is 6.31. The summed E-state index contributed by atoms with van der Waals surface area (Å²) in [5.41, 5.74) is 0. The summed E-state index contributed by atoms with van der Waals surface area (Å²) in [4.78, 5) is 44.0. The molecule has 0 radical (unpaired) electrons. The minimum absolute atomic E-state index is 0.242. The van der Waals surface area contributed by atoms with Crippen LogP contribution in [0.2, 0.25) is 0 Å². The van der Waals surface area contributed by atoms with Gasteiger partial charge in [0.15, 0.2) is 0 Å². The minimum Gasteiger partial charge on any atom is -0.447 e. The van der Waals surface area contributed by atoms with Crippen LogP contribution in [0.3, 0.4) is 0 Å². The number of hydrogen-bond acceptors (Lipinski definition) is 8. The standard InChI is InChI=1S/2C11H12N2O4/c1-8(2)16-10(14)12-13-11(15)17-9-6-4-3-5-7-9;1-2-8-16-10(14)12-13-11(15)17-9-6-4-3-5-7-9/h3-8H,1-2H3;3-7H,2,8H2,1H3. The second kappa shape index (κ2) is 16.2. The van der Waals surface area contributed by atoms with Gasteiger partial charge in [-0.05, 0) is 44.5 Å². The lowest BCUT2D eigenvalue weighted by molar-refractivity contribution is 0.123.